The van der Waals surface area contributed by atoms with Crippen LogP contribution < -0.4 is 14.8 Å². The minimum atomic E-state index is -3.67. The van der Waals surface area contributed by atoms with E-state index in [9.17, 15) is 18.0 Å². The van der Waals surface area contributed by atoms with Gasteiger partial charge >= 0.3 is 0 Å². The van der Waals surface area contributed by atoms with Crippen LogP contribution in [0.3, 0.4) is 0 Å². The zero-order chi connectivity index (χ0) is 24.1. The zero-order valence-electron chi connectivity index (χ0n) is 19.3. The van der Waals surface area contributed by atoms with Crippen LogP contribution in [0.2, 0.25) is 0 Å². The number of carbonyl (C=O) groups excluding carboxylic acids is 2. The van der Waals surface area contributed by atoms with Gasteiger partial charge in [0.25, 0.3) is 5.91 Å². The first-order chi connectivity index (χ1) is 15.0. The van der Waals surface area contributed by atoms with E-state index in [0.717, 1.165) is 11.1 Å². The normalized spacial score (nSPS) is 11.3. The largest absolute Gasteiger partial charge is 0.493 e. The smallest absolute Gasteiger partial charge is 0.262 e. The van der Waals surface area contributed by atoms with Crippen molar-refractivity contribution < 1.29 is 27.5 Å². The second kappa shape index (κ2) is 10.6. The van der Waals surface area contributed by atoms with Gasteiger partial charge in [-0.2, -0.15) is 4.31 Å². The van der Waals surface area contributed by atoms with E-state index in [0.29, 0.717) is 35.8 Å². The Kier molecular flexibility index (Phi) is 8.40. The Labute approximate surface area is 189 Å². The molecule has 0 saturated carbocycles. The van der Waals surface area contributed by atoms with Gasteiger partial charge in [-0.25, -0.2) is 8.42 Å². The quantitative estimate of drug-likeness (QED) is 0.542. The molecule has 0 aromatic heterocycles. The van der Waals surface area contributed by atoms with Crippen LogP contribution in [0.1, 0.15) is 42.3 Å². The van der Waals surface area contributed by atoms with Gasteiger partial charge < -0.3 is 14.8 Å². The molecule has 0 fully saturated rings. The van der Waals surface area contributed by atoms with Gasteiger partial charge in [-0.1, -0.05) is 13.8 Å². The number of sulfonamides is 1. The summed E-state index contributed by atoms with van der Waals surface area (Å²) in [6.07, 6.45) is 0. The summed E-state index contributed by atoms with van der Waals surface area (Å²) in [5.41, 5.74) is 2.38. The number of Topliss-reactive ketones (excluding diaryl/α,β-unsaturated/α-hetero) is 1. The number of carbonyl (C=O) groups is 2. The van der Waals surface area contributed by atoms with Crippen molar-refractivity contribution in [1.82, 2.24) is 4.31 Å². The van der Waals surface area contributed by atoms with Crippen molar-refractivity contribution in [1.29, 1.82) is 0 Å². The summed E-state index contributed by atoms with van der Waals surface area (Å²) in [7, 11) is -2.22. The summed E-state index contributed by atoms with van der Waals surface area (Å²) in [6.45, 7) is 8.99. The molecular formula is C23H30N2O6S. The Bertz CT molecular complexity index is 1110. The number of benzene rings is 2. The minimum Gasteiger partial charge on any atom is -0.493 e. The average Bonchev–Trinajstić information content (AvgIpc) is 2.75. The van der Waals surface area contributed by atoms with E-state index in [4.69, 9.17) is 9.47 Å². The number of aryl methyl sites for hydroxylation is 1. The van der Waals surface area contributed by atoms with Gasteiger partial charge in [-0.15, -0.1) is 0 Å². The molecule has 0 spiro atoms. The summed E-state index contributed by atoms with van der Waals surface area (Å²) < 4.78 is 38.0. The maximum Gasteiger partial charge on any atom is 0.262 e. The third-order valence-electron chi connectivity index (χ3n) is 5.19. The van der Waals surface area contributed by atoms with Crippen LogP contribution in [-0.2, 0) is 14.8 Å². The number of hydrogen-bond acceptors (Lipinski definition) is 6. The van der Waals surface area contributed by atoms with E-state index in [1.54, 1.807) is 45.0 Å². The molecule has 1 N–H and O–H groups in total. The second-order valence-electron chi connectivity index (χ2n) is 7.26. The third kappa shape index (κ3) is 5.66. The molecule has 0 unspecified atom stereocenters. The van der Waals surface area contributed by atoms with E-state index in [-0.39, 0.29) is 17.3 Å². The summed E-state index contributed by atoms with van der Waals surface area (Å²) in [6, 6.07) is 7.78. The van der Waals surface area contributed by atoms with Crippen LogP contribution in [0.25, 0.3) is 0 Å². The van der Waals surface area contributed by atoms with Crippen LogP contribution in [0.4, 0.5) is 5.69 Å². The highest BCUT2D eigenvalue weighted by Crippen LogP contribution is 2.29. The summed E-state index contributed by atoms with van der Waals surface area (Å²) in [4.78, 5) is 24.2. The van der Waals surface area contributed by atoms with E-state index >= 15 is 0 Å². The average molecular weight is 463 g/mol. The SMILES string of the molecule is CCN(CC)S(=O)(=O)c1cc(C)c(C)c(NC(=O)COc2ccc(C(C)=O)cc2OC)c1. The Hall–Kier alpha value is -2.91. The molecule has 32 heavy (non-hydrogen) atoms. The van der Waals surface area contributed by atoms with E-state index in [2.05, 4.69) is 5.32 Å². The first kappa shape index (κ1) is 25.4. The lowest BCUT2D eigenvalue weighted by Crippen LogP contribution is -2.31. The Morgan fingerprint density at radius 3 is 2.25 bits per heavy atom. The summed E-state index contributed by atoms with van der Waals surface area (Å²) in [5, 5.41) is 2.73. The molecule has 2 rings (SSSR count). The number of ketones is 1. The highest BCUT2D eigenvalue weighted by atomic mass is 32.2. The molecule has 2 aromatic carbocycles. The molecule has 174 valence electrons. The first-order valence-electron chi connectivity index (χ1n) is 10.3. The van der Waals surface area contributed by atoms with Crippen LogP contribution in [0.15, 0.2) is 35.2 Å². The summed E-state index contributed by atoms with van der Waals surface area (Å²) >= 11 is 0. The van der Waals surface area contributed by atoms with Gasteiger partial charge in [-0.05, 0) is 62.2 Å². The molecule has 0 radical (unpaired) electrons. The number of hydrogen-bond donors (Lipinski definition) is 1. The van der Waals surface area contributed by atoms with E-state index in [1.165, 1.54) is 24.4 Å². The number of rotatable bonds is 10. The fourth-order valence-electron chi connectivity index (χ4n) is 3.15. The molecule has 0 aliphatic carbocycles. The van der Waals surface area contributed by atoms with Crippen molar-refractivity contribution in [3.8, 4) is 11.5 Å². The lowest BCUT2D eigenvalue weighted by atomic mass is 10.1. The summed E-state index contributed by atoms with van der Waals surface area (Å²) in [5.74, 6) is 0.0869. The number of amides is 1. The predicted octanol–water partition coefficient (Wildman–Crippen LogP) is 3.56. The minimum absolute atomic E-state index is 0.113. The number of nitrogens with one attached hydrogen (secondary N) is 1. The van der Waals surface area contributed by atoms with Crippen LogP contribution in [-0.4, -0.2) is 51.2 Å². The number of anilines is 1. The van der Waals surface area contributed by atoms with Gasteiger partial charge in [0.2, 0.25) is 10.0 Å². The zero-order valence-corrected chi connectivity index (χ0v) is 20.1. The van der Waals surface area contributed by atoms with Gasteiger partial charge in [0, 0.05) is 24.3 Å². The topological polar surface area (TPSA) is 102 Å². The molecule has 0 saturated heterocycles. The van der Waals surface area contributed by atoms with Gasteiger partial charge in [0.15, 0.2) is 23.9 Å². The molecule has 0 aliphatic rings. The van der Waals surface area contributed by atoms with Crippen molar-refractivity contribution in [3.05, 3.63) is 47.0 Å². The van der Waals surface area contributed by atoms with Crippen molar-refractivity contribution in [2.75, 3.05) is 32.1 Å². The highest BCUT2D eigenvalue weighted by molar-refractivity contribution is 7.89. The molecule has 0 heterocycles. The van der Waals surface area contributed by atoms with Crippen molar-refractivity contribution in [3.63, 3.8) is 0 Å². The Morgan fingerprint density at radius 1 is 1.03 bits per heavy atom. The maximum absolute atomic E-state index is 12.9. The monoisotopic (exact) mass is 462 g/mol. The van der Waals surface area contributed by atoms with E-state index < -0.39 is 15.9 Å². The first-order valence-corrected chi connectivity index (χ1v) is 11.7. The number of nitrogens with zero attached hydrogens (tertiary/aromatic N) is 1. The van der Waals surface area contributed by atoms with E-state index in [1.807, 2.05) is 6.92 Å². The number of ether oxygens (including phenoxy) is 2. The maximum atomic E-state index is 12.9. The van der Waals surface area contributed by atoms with Crippen LogP contribution in [0.5, 0.6) is 11.5 Å². The fourth-order valence-corrected chi connectivity index (χ4v) is 4.72. The lowest BCUT2D eigenvalue weighted by molar-refractivity contribution is -0.118. The predicted molar refractivity (Wildman–Crippen MR) is 123 cm³/mol. The molecule has 8 nitrogen and oxygen atoms in total. The third-order valence-corrected chi connectivity index (χ3v) is 7.21. The Balaban J connectivity index is 2.22. The van der Waals surface area contributed by atoms with Crippen molar-refractivity contribution >= 4 is 27.4 Å². The number of methoxy groups -OCH3 is 1. The van der Waals surface area contributed by atoms with Crippen LogP contribution in [0, 0.1) is 13.8 Å². The van der Waals surface area contributed by atoms with Gasteiger partial charge in [0.05, 0.1) is 12.0 Å². The molecule has 9 heteroatoms. The second-order valence-corrected chi connectivity index (χ2v) is 9.20. The van der Waals surface area contributed by atoms with Gasteiger partial charge in [0.1, 0.15) is 0 Å². The molecule has 2 aromatic rings. The molecule has 0 aliphatic heterocycles. The van der Waals surface area contributed by atoms with Crippen molar-refractivity contribution in [2.45, 2.75) is 39.5 Å². The molecule has 0 atom stereocenters. The standard InChI is InChI=1S/C23H30N2O6S/c1-7-25(8-2)32(28,29)19-11-15(3)16(4)20(13-19)24-23(27)14-31-21-10-9-18(17(5)26)12-22(21)30-6/h9-13H,7-8,14H2,1-6H3,(H,24,27). The molecule has 0 bridgehead atoms. The van der Waals surface area contributed by atoms with Gasteiger partial charge in [-0.3, -0.25) is 9.59 Å². The Morgan fingerprint density at radius 2 is 1.69 bits per heavy atom. The highest BCUT2D eigenvalue weighted by Gasteiger charge is 2.23. The molecule has 1 amide bonds. The van der Waals surface area contributed by atoms with Crippen LogP contribution >= 0.6 is 0 Å². The lowest BCUT2D eigenvalue weighted by Gasteiger charge is -2.20. The van der Waals surface area contributed by atoms with Crippen molar-refractivity contribution in [2.24, 2.45) is 0 Å². The fraction of sp³-hybridized carbons (Fsp3) is 0.391. The molecular weight excluding hydrogens is 432 g/mol.